The molecule has 6 heteroatoms. The van der Waals surface area contributed by atoms with Crippen molar-refractivity contribution in [3.05, 3.63) is 78.1 Å². The molecule has 0 saturated carbocycles. The Morgan fingerprint density at radius 2 is 1.62 bits per heavy atom. The Balaban J connectivity index is 1.31. The van der Waals surface area contributed by atoms with Crippen molar-refractivity contribution in [1.82, 2.24) is 20.2 Å². The van der Waals surface area contributed by atoms with Gasteiger partial charge in [0.05, 0.1) is 0 Å². The zero-order chi connectivity index (χ0) is 19.5. The van der Waals surface area contributed by atoms with E-state index in [0.717, 1.165) is 35.6 Å². The van der Waals surface area contributed by atoms with Crippen LogP contribution in [0.25, 0.3) is 11.4 Å². The first-order valence-electron chi connectivity index (χ1n) is 9.84. The van der Waals surface area contributed by atoms with Crippen LogP contribution in [0.1, 0.15) is 24.0 Å². The highest BCUT2D eigenvalue weighted by Gasteiger charge is 2.14. The highest BCUT2D eigenvalue weighted by Crippen LogP contribution is 2.30. The highest BCUT2D eigenvalue weighted by atomic mass is 16.5. The van der Waals surface area contributed by atoms with Crippen LogP contribution >= 0.6 is 0 Å². The lowest BCUT2D eigenvalue weighted by atomic mass is 9.90. The van der Waals surface area contributed by atoms with Crippen molar-refractivity contribution in [2.24, 2.45) is 0 Å². The van der Waals surface area contributed by atoms with Gasteiger partial charge in [0.25, 0.3) is 0 Å². The lowest BCUT2D eigenvalue weighted by Crippen LogP contribution is -2.06. The van der Waals surface area contributed by atoms with E-state index in [0.29, 0.717) is 11.8 Å². The Kier molecular flexibility index (Phi) is 4.66. The second-order valence-corrected chi connectivity index (χ2v) is 7.11. The molecule has 4 aromatic rings. The molecule has 2 aromatic heterocycles. The van der Waals surface area contributed by atoms with E-state index >= 15 is 0 Å². The number of H-pyrrole nitrogens is 1. The van der Waals surface area contributed by atoms with Gasteiger partial charge >= 0.3 is 0 Å². The number of benzene rings is 2. The number of aryl methyl sites for hydroxylation is 1. The monoisotopic (exact) mass is 383 g/mol. The van der Waals surface area contributed by atoms with Gasteiger partial charge in [-0.1, -0.05) is 12.1 Å². The minimum atomic E-state index is 0.649. The Hall–Kier alpha value is -3.67. The second kappa shape index (κ2) is 7.75. The molecule has 0 unspecified atom stereocenters. The smallest absolute Gasteiger partial charge is 0.226 e. The van der Waals surface area contributed by atoms with E-state index in [-0.39, 0.29) is 0 Å². The predicted octanol–water partition coefficient (Wildman–Crippen LogP) is 5.28. The van der Waals surface area contributed by atoms with Crippen molar-refractivity contribution in [3.63, 3.8) is 0 Å². The van der Waals surface area contributed by atoms with Gasteiger partial charge in [-0.25, -0.2) is 0 Å². The summed E-state index contributed by atoms with van der Waals surface area (Å²) < 4.78 is 5.81. The average molecular weight is 383 g/mol. The van der Waals surface area contributed by atoms with Gasteiger partial charge in [0.15, 0.2) is 5.82 Å². The average Bonchev–Trinajstić information content (AvgIpc) is 3.24. The quantitative estimate of drug-likeness (QED) is 0.490. The summed E-state index contributed by atoms with van der Waals surface area (Å²) in [7, 11) is 0. The molecule has 6 nitrogen and oxygen atoms in total. The third kappa shape index (κ3) is 3.82. The molecule has 0 saturated heterocycles. The van der Waals surface area contributed by atoms with Crippen LogP contribution in [-0.4, -0.2) is 20.2 Å². The fraction of sp³-hybridized carbons (Fsp3) is 0.174. The maximum absolute atomic E-state index is 5.81. The number of ether oxygens (including phenoxy) is 1. The number of pyridine rings is 1. The third-order valence-electron chi connectivity index (χ3n) is 5.15. The van der Waals surface area contributed by atoms with E-state index < -0.39 is 0 Å². The van der Waals surface area contributed by atoms with E-state index in [1.54, 1.807) is 12.4 Å². The number of nitrogens with zero attached hydrogens (tertiary/aromatic N) is 3. The topological polar surface area (TPSA) is 75.7 Å². The normalized spacial score (nSPS) is 13.0. The second-order valence-electron chi connectivity index (χ2n) is 7.11. The molecule has 5 rings (SSSR count). The minimum Gasteiger partial charge on any atom is -0.457 e. The number of aromatic nitrogens is 4. The first-order chi connectivity index (χ1) is 14.3. The van der Waals surface area contributed by atoms with Crippen LogP contribution in [0.3, 0.4) is 0 Å². The number of aromatic amines is 1. The zero-order valence-electron chi connectivity index (χ0n) is 15.9. The van der Waals surface area contributed by atoms with Crippen molar-refractivity contribution < 1.29 is 4.74 Å². The SMILES string of the molecule is c1cc2c(c(Nc3nnc(-c4ccc(Oc5ccncc5)cc4)[nH]3)c1)CCCC2. The highest BCUT2D eigenvalue weighted by molar-refractivity contribution is 5.63. The Morgan fingerprint density at radius 3 is 2.48 bits per heavy atom. The molecule has 1 aliphatic carbocycles. The van der Waals surface area contributed by atoms with Gasteiger partial charge in [0, 0.05) is 23.6 Å². The number of hydrogen-bond donors (Lipinski definition) is 2. The van der Waals surface area contributed by atoms with Gasteiger partial charge in [-0.05, 0) is 79.3 Å². The summed E-state index contributed by atoms with van der Waals surface area (Å²) in [5.74, 6) is 2.88. The third-order valence-corrected chi connectivity index (χ3v) is 5.15. The van der Waals surface area contributed by atoms with Gasteiger partial charge in [0.1, 0.15) is 11.5 Å². The summed E-state index contributed by atoms with van der Waals surface area (Å²) in [5, 5.41) is 12.0. The van der Waals surface area contributed by atoms with E-state index in [1.165, 1.54) is 24.0 Å². The summed E-state index contributed by atoms with van der Waals surface area (Å²) in [4.78, 5) is 7.26. The number of fused-ring (bicyclic) bond motifs is 1. The fourth-order valence-corrected chi connectivity index (χ4v) is 3.70. The van der Waals surface area contributed by atoms with Gasteiger partial charge in [-0.3, -0.25) is 4.98 Å². The summed E-state index contributed by atoms with van der Waals surface area (Å²) in [5.41, 5.74) is 4.90. The molecule has 0 bridgehead atoms. The molecule has 1 aliphatic rings. The zero-order valence-corrected chi connectivity index (χ0v) is 15.9. The predicted molar refractivity (Wildman–Crippen MR) is 112 cm³/mol. The van der Waals surface area contributed by atoms with Crippen LogP contribution in [-0.2, 0) is 12.8 Å². The molecular formula is C23H21N5O. The lowest BCUT2D eigenvalue weighted by molar-refractivity contribution is 0.482. The Bertz CT molecular complexity index is 1110. The molecule has 2 N–H and O–H groups in total. The number of rotatable bonds is 5. The molecule has 0 fully saturated rings. The maximum Gasteiger partial charge on any atom is 0.226 e. The molecule has 0 spiro atoms. The summed E-state index contributed by atoms with van der Waals surface area (Å²) in [6.07, 6.45) is 8.18. The minimum absolute atomic E-state index is 0.649. The molecule has 0 aliphatic heterocycles. The number of anilines is 2. The molecule has 0 amide bonds. The summed E-state index contributed by atoms with van der Waals surface area (Å²) >= 11 is 0. The van der Waals surface area contributed by atoms with Crippen LogP contribution in [0.15, 0.2) is 67.0 Å². The van der Waals surface area contributed by atoms with Gasteiger partial charge < -0.3 is 15.0 Å². The van der Waals surface area contributed by atoms with Crippen molar-refractivity contribution in [3.8, 4) is 22.9 Å². The number of nitrogens with one attached hydrogen (secondary N) is 2. The molecule has 144 valence electrons. The van der Waals surface area contributed by atoms with Gasteiger partial charge in [-0.2, -0.15) is 0 Å². The van der Waals surface area contributed by atoms with Crippen molar-refractivity contribution >= 4 is 11.6 Å². The van der Waals surface area contributed by atoms with Crippen LogP contribution in [0.2, 0.25) is 0 Å². The lowest BCUT2D eigenvalue weighted by Gasteiger charge is -2.19. The molecule has 2 aromatic carbocycles. The van der Waals surface area contributed by atoms with Gasteiger partial charge in [0.2, 0.25) is 5.95 Å². The van der Waals surface area contributed by atoms with Gasteiger partial charge in [-0.15, -0.1) is 10.2 Å². The fourth-order valence-electron chi connectivity index (χ4n) is 3.70. The standard InChI is InChI=1S/C23H21N5O/c1-2-6-20-16(4-1)5-3-7-21(20)25-23-26-22(27-28-23)17-8-10-18(11-9-17)29-19-12-14-24-15-13-19/h3,5,7-15H,1-2,4,6H2,(H2,25,26,27,28). The van der Waals surface area contributed by atoms with Crippen molar-refractivity contribution in [2.75, 3.05) is 5.32 Å². The molecule has 0 atom stereocenters. The maximum atomic E-state index is 5.81. The molecule has 29 heavy (non-hydrogen) atoms. The first-order valence-corrected chi connectivity index (χ1v) is 9.84. The first kappa shape index (κ1) is 17.4. The van der Waals surface area contributed by atoms with E-state index in [4.69, 9.17) is 4.74 Å². The molecular weight excluding hydrogens is 362 g/mol. The Labute approximate surface area is 169 Å². The van der Waals surface area contributed by atoms with E-state index in [9.17, 15) is 0 Å². The summed E-state index contributed by atoms with van der Waals surface area (Å²) in [6.45, 7) is 0. The number of hydrogen-bond acceptors (Lipinski definition) is 5. The van der Waals surface area contributed by atoms with E-state index in [1.807, 2.05) is 36.4 Å². The largest absolute Gasteiger partial charge is 0.457 e. The van der Waals surface area contributed by atoms with Crippen LogP contribution in [0.4, 0.5) is 11.6 Å². The molecule has 2 heterocycles. The van der Waals surface area contributed by atoms with Crippen molar-refractivity contribution in [2.45, 2.75) is 25.7 Å². The summed E-state index contributed by atoms with van der Waals surface area (Å²) in [6, 6.07) is 17.8. The van der Waals surface area contributed by atoms with E-state index in [2.05, 4.69) is 43.7 Å². The van der Waals surface area contributed by atoms with Crippen LogP contribution in [0.5, 0.6) is 11.5 Å². The molecule has 0 radical (unpaired) electrons. The van der Waals surface area contributed by atoms with Crippen molar-refractivity contribution in [1.29, 1.82) is 0 Å². The van der Waals surface area contributed by atoms with Crippen LogP contribution < -0.4 is 10.1 Å². The van der Waals surface area contributed by atoms with Crippen LogP contribution in [0, 0.1) is 0 Å². The Morgan fingerprint density at radius 1 is 0.828 bits per heavy atom.